The first kappa shape index (κ1) is 24.3. The van der Waals surface area contributed by atoms with Crippen molar-refractivity contribution in [2.45, 2.75) is 118 Å². The third-order valence-electron chi connectivity index (χ3n) is 12.7. The first-order chi connectivity index (χ1) is 16.3. The Balaban J connectivity index is 1.53. The van der Waals surface area contributed by atoms with Crippen LogP contribution in [0.1, 0.15) is 106 Å². The standard InChI is InChI=1S/C31H46O4/c1-26(2)15-16-30-12-8-9-20-29(6)13-10-19-27(3,4)23(32)11-14-28(19,5)21(29)17-24(33)31(20,22(30)18-26)35-25(30)34-7/h17,19-20,22,25H,8-16,18H2,1-7H3/t19?,20?,22?,25?,28-,29-,30+,31+/m0/s1. The quantitative estimate of drug-likeness (QED) is 0.419. The molecule has 4 nitrogen and oxygen atoms in total. The zero-order chi connectivity index (χ0) is 25.2. The van der Waals surface area contributed by atoms with Gasteiger partial charge in [-0.05, 0) is 79.6 Å². The summed E-state index contributed by atoms with van der Waals surface area (Å²) in [7, 11) is 1.78. The molecule has 1 heterocycles. The fraction of sp³-hybridized carbons (Fsp3) is 0.871. The minimum atomic E-state index is -0.768. The van der Waals surface area contributed by atoms with Crippen molar-refractivity contribution in [1.29, 1.82) is 0 Å². The average Bonchev–Trinajstić information content (AvgIpc) is 2.94. The minimum Gasteiger partial charge on any atom is -0.355 e. The molecule has 6 aliphatic rings. The number of ether oxygens (including phenoxy) is 2. The van der Waals surface area contributed by atoms with Crippen LogP contribution in [0.4, 0.5) is 0 Å². The maximum atomic E-state index is 14.6. The predicted octanol–water partition coefficient (Wildman–Crippen LogP) is 6.66. The molecule has 1 aliphatic heterocycles. The highest BCUT2D eigenvalue weighted by Crippen LogP contribution is 2.74. The number of methoxy groups -OCH3 is 1. The lowest BCUT2D eigenvalue weighted by Gasteiger charge is -2.64. The van der Waals surface area contributed by atoms with Crippen molar-refractivity contribution in [2.75, 3.05) is 7.11 Å². The summed E-state index contributed by atoms with van der Waals surface area (Å²) in [4.78, 5) is 27.6. The van der Waals surface area contributed by atoms with E-state index >= 15 is 0 Å². The molecule has 4 heteroatoms. The van der Waals surface area contributed by atoms with E-state index in [0.717, 1.165) is 51.4 Å². The van der Waals surface area contributed by atoms with Crippen LogP contribution in [0.25, 0.3) is 0 Å². The molecule has 2 bridgehead atoms. The molecule has 6 rings (SSSR count). The van der Waals surface area contributed by atoms with E-state index in [4.69, 9.17) is 9.47 Å². The van der Waals surface area contributed by atoms with Gasteiger partial charge in [-0.3, -0.25) is 9.59 Å². The van der Waals surface area contributed by atoms with Gasteiger partial charge in [0, 0.05) is 36.2 Å². The lowest BCUT2D eigenvalue weighted by atomic mass is 9.40. The molecule has 0 radical (unpaired) electrons. The van der Waals surface area contributed by atoms with Crippen molar-refractivity contribution < 1.29 is 19.1 Å². The number of rotatable bonds is 1. The molecule has 194 valence electrons. The Morgan fingerprint density at radius 2 is 1.57 bits per heavy atom. The van der Waals surface area contributed by atoms with E-state index in [0.29, 0.717) is 18.1 Å². The van der Waals surface area contributed by atoms with E-state index in [-0.39, 0.29) is 51.0 Å². The molecule has 0 N–H and O–H groups in total. The average molecular weight is 483 g/mol. The number of hydrogen-bond acceptors (Lipinski definition) is 4. The Bertz CT molecular complexity index is 1010. The van der Waals surface area contributed by atoms with Crippen molar-refractivity contribution in [2.24, 2.45) is 44.8 Å². The molecule has 1 spiro atoms. The molecule has 0 aromatic heterocycles. The van der Waals surface area contributed by atoms with Gasteiger partial charge < -0.3 is 9.47 Å². The molecule has 8 atom stereocenters. The second-order valence-corrected chi connectivity index (χ2v) is 15.1. The summed E-state index contributed by atoms with van der Waals surface area (Å²) in [5, 5.41) is 0. The zero-order valence-electron chi connectivity index (χ0n) is 23.1. The number of Topliss-reactive ketones (excluding diaryl/α,β-unsaturated/α-hetero) is 1. The third-order valence-corrected chi connectivity index (χ3v) is 12.7. The first-order valence-electron chi connectivity index (χ1n) is 14.3. The maximum absolute atomic E-state index is 14.6. The van der Waals surface area contributed by atoms with Gasteiger partial charge in [0.05, 0.1) is 0 Å². The maximum Gasteiger partial charge on any atom is 0.188 e. The minimum absolute atomic E-state index is 0.0449. The second kappa shape index (κ2) is 7.10. The number of carbonyl (C=O) groups excluding carboxylic acids is 2. The fourth-order valence-electron chi connectivity index (χ4n) is 10.9. The number of allylic oxidation sites excluding steroid dienone is 1. The van der Waals surface area contributed by atoms with Crippen molar-refractivity contribution in [3.63, 3.8) is 0 Å². The molecule has 0 aromatic rings. The van der Waals surface area contributed by atoms with Crippen LogP contribution in [-0.4, -0.2) is 30.6 Å². The predicted molar refractivity (Wildman–Crippen MR) is 136 cm³/mol. The highest BCUT2D eigenvalue weighted by atomic mass is 16.7. The lowest BCUT2D eigenvalue weighted by molar-refractivity contribution is -0.218. The second-order valence-electron chi connectivity index (χ2n) is 15.1. The smallest absolute Gasteiger partial charge is 0.188 e. The molecule has 5 fully saturated rings. The first-order valence-corrected chi connectivity index (χ1v) is 14.3. The third kappa shape index (κ3) is 2.77. The van der Waals surface area contributed by atoms with Crippen LogP contribution in [0, 0.1) is 44.8 Å². The fourth-order valence-corrected chi connectivity index (χ4v) is 10.9. The summed E-state index contributed by atoms with van der Waals surface area (Å²) in [6.45, 7) is 13.9. The van der Waals surface area contributed by atoms with Gasteiger partial charge in [-0.2, -0.15) is 0 Å². The van der Waals surface area contributed by atoms with Crippen LogP contribution in [0.15, 0.2) is 11.6 Å². The molecule has 0 aromatic carbocycles. The normalized spacial score (nSPS) is 51.9. The SMILES string of the molecule is COC1O[C@]23C(=O)C=C4[C@@]5(C)CCC(=O)C(C)(C)C5CC[C@@]4(C)C2CCC[C@]12CCC(C)(C)CC23. The van der Waals surface area contributed by atoms with Gasteiger partial charge in [-0.25, -0.2) is 0 Å². The van der Waals surface area contributed by atoms with Crippen LogP contribution >= 0.6 is 0 Å². The van der Waals surface area contributed by atoms with Gasteiger partial charge in [-0.15, -0.1) is 0 Å². The van der Waals surface area contributed by atoms with E-state index < -0.39 is 5.60 Å². The van der Waals surface area contributed by atoms with Gasteiger partial charge in [0.2, 0.25) is 0 Å². The number of fused-ring (bicyclic) bond motifs is 4. The number of ketones is 2. The molecule has 1 saturated heterocycles. The lowest BCUT2D eigenvalue weighted by Crippen LogP contribution is -2.64. The Labute approximate surface area is 212 Å². The van der Waals surface area contributed by atoms with Crippen LogP contribution < -0.4 is 0 Å². The van der Waals surface area contributed by atoms with Gasteiger partial charge in [0.25, 0.3) is 0 Å². The summed E-state index contributed by atoms with van der Waals surface area (Å²) in [6, 6.07) is 0. The Kier molecular flexibility index (Phi) is 4.94. The monoisotopic (exact) mass is 482 g/mol. The van der Waals surface area contributed by atoms with E-state index in [2.05, 4.69) is 47.6 Å². The molecule has 35 heavy (non-hydrogen) atoms. The van der Waals surface area contributed by atoms with E-state index in [9.17, 15) is 9.59 Å². The number of hydrogen-bond donors (Lipinski definition) is 0. The van der Waals surface area contributed by atoms with Gasteiger partial charge in [-0.1, -0.05) is 53.5 Å². The molecule has 5 aliphatic carbocycles. The molecular formula is C31H46O4. The summed E-state index contributed by atoms with van der Waals surface area (Å²) in [5.41, 5.74) is 0.239. The van der Waals surface area contributed by atoms with E-state index in [1.54, 1.807) is 7.11 Å². The summed E-state index contributed by atoms with van der Waals surface area (Å²) >= 11 is 0. The highest BCUT2D eigenvalue weighted by molar-refractivity contribution is 6.00. The van der Waals surface area contributed by atoms with Crippen molar-refractivity contribution in [3.05, 3.63) is 11.6 Å². The van der Waals surface area contributed by atoms with E-state index in [1.807, 2.05) is 0 Å². The molecule has 0 amide bonds. The zero-order valence-corrected chi connectivity index (χ0v) is 23.1. The van der Waals surface area contributed by atoms with Gasteiger partial charge >= 0.3 is 0 Å². The Morgan fingerprint density at radius 3 is 2.29 bits per heavy atom. The van der Waals surface area contributed by atoms with Crippen molar-refractivity contribution in [1.82, 2.24) is 0 Å². The van der Waals surface area contributed by atoms with Gasteiger partial charge in [0.1, 0.15) is 11.4 Å². The van der Waals surface area contributed by atoms with Crippen LogP contribution in [0.5, 0.6) is 0 Å². The van der Waals surface area contributed by atoms with Crippen molar-refractivity contribution >= 4 is 11.6 Å². The Morgan fingerprint density at radius 1 is 0.857 bits per heavy atom. The summed E-state index contributed by atoms with van der Waals surface area (Å²) < 4.78 is 13.1. The summed E-state index contributed by atoms with van der Waals surface area (Å²) in [5.74, 6) is 1.30. The molecule has 4 saturated carbocycles. The molecular weight excluding hydrogens is 436 g/mol. The van der Waals surface area contributed by atoms with Gasteiger partial charge in [0.15, 0.2) is 12.1 Å². The Hall–Kier alpha value is -1.00. The topological polar surface area (TPSA) is 52.6 Å². The van der Waals surface area contributed by atoms with Crippen LogP contribution in [0.3, 0.4) is 0 Å². The van der Waals surface area contributed by atoms with Crippen LogP contribution in [0.2, 0.25) is 0 Å². The highest BCUT2D eigenvalue weighted by Gasteiger charge is 2.76. The van der Waals surface area contributed by atoms with Crippen molar-refractivity contribution in [3.8, 4) is 0 Å². The van der Waals surface area contributed by atoms with Crippen LogP contribution in [-0.2, 0) is 19.1 Å². The molecule has 4 unspecified atom stereocenters. The number of carbonyl (C=O) groups is 2. The van der Waals surface area contributed by atoms with E-state index in [1.165, 1.54) is 12.0 Å². The summed E-state index contributed by atoms with van der Waals surface area (Å²) in [6.07, 6.45) is 12.0. The largest absolute Gasteiger partial charge is 0.355 e.